The van der Waals surface area contributed by atoms with Gasteiger partial charge in [-0.25, -0.2) is 0 Å². The molecule has 68 heavy (non-hydrogen) atoms. The van der Waals surface area contributed by atoms with E-state index in [1.165, 1.54) is 84.1 Å². The molecule has 16 aromatic rings. The number of benzene rings is 12. The Balaban J connectivity index is 1.11. The predicted octanol–water partition coefficient (Wildman–Crippen LogP) is 19.8. The number of hydrogen-bond acceptors (Lipinski definition) is 4. The molecule has 0 N–H and O–H groups in total. The van der Waals surface area contributed by atoms with Crippen molar-refractivity contribution in [3.63, 3.8) is 0 Å². The van der Waals surface area contributed by atoms with Crippen LogP contribution in [0.2, 0.25) is 0 Å². The van der Waals surface area contributed by atoms with Crippen LogP contribution in [-0.2, 0) is 0 Å². The summed E-state index contributed by atoms with van der Waals surface area (Å²) in [6.07, 6.45) is 0. The van der Waals surface area contributed by atoms with E-state index in [2.05, 4.69) is 206 Å². The lowest BCUT2D eigenvalue weighted by Gasteiger charge is -2.20. The SMILES string of the molecule is c1ccc(-c2c3cc(-c4ccc5sc6ccccc6c5c4)c4c(ccc5c6ccccc6oc54)c3cc3c2cc(-c2ccc4sc5ccccc5c4c2)c2c3ccc3c4ccccc4oc32)cc1. The Morgan fingerprint density at radius 3 is 1.19 bits per heavy atom. The molecule has 314 valence electrons. The minimum atomic E-state index is 0.894. The molecule has 0 aliphatic rings. The number of rotatable bonds is 3. The van der Waals surface area contributed by atoms with E-state index in [0.717, 1.165) is 76.5 Å². The van der Waals surface area contributed by atoms with E-state index in [1.54, 1.807) is 0 Å². The van der Waals surface area contributed by atoms with Gasteiger partial charge in [0.05, 0.1) is 0 Å². The molecule has 0 bridgehead atoms. The van der Waals surface area contributed by atoms with Crippen LogP contribution in [0.1, 0.15) is 0 Å². The van der Waals surface area contributed by atoms with E-state index < -0.39 is 0 Å². The van der Waals surface area contributed by atoms with Gasteiger partial charge >= 0.3 is 0 Å². The first kappa shape index (κ1) is 36.9. The number of hydrogen-bond donors (Lipinski definition) is 0. The fourth-order valence-electron chi connectivity index (χ4n) is 11.6. The molecular weight excluding hydrogens is 865 g/mol. The van der Waals surface area contributed by atoms with Gasteiger partial charge in [0.1, 0.15) is 22.3 Å². The van der Waals surface area contributed by atoms with Crippen molar-refractivity contribution in [1.82, 2.24) is 0 Å². The topological polar surface area (TPSA) is 26.3 Å². The van der Waals surface area contributed by atoms with E-state index in [9.17, 15) is 0 Å². The summed E-state index contributed by atoms with van der Waals surface area (Å²) in [5, 5.41) is 19.0. The van der Waals surface area contributed by atoms with Crippen LogP contribution in [0.3, 0.4) is 0 Å². The van der Waals surface area contributed by atoms with Crippen molar-refractivity contribution in [1.29, 1.82) is 0 Å². The summed E-state index contributed by atoms with van der Waals surface area (Å²) in [6, 6.07) is 76.2. The van der Waals surface area contributed by atoms with Crippen molar-refractivity contribution in [3.05, 3.63) is 206 Å². The summed E-state index contributed by atoms with van der Waals surface area (Å²) >= 11 is 3.71. The Kier molecular flexibility index (Phi) is 7.40. The number of fused-ring (bicyclic) bond motifs is 20. The van der Waals surface area contributed by atoms with Gasteiger partial charge in [-0.15, -0.1) is 22.7 Å². The summed E-state index contributed by atoms with van der Waals surface area (Å²) in [4.78, 5) is 0. The molecule has 4 aromatic heterocycles. The van der Waals surface area contributed by atoms with Crippen molar-refractivity contribution >= 4 is 150 Å². The third kappa shape index (κ3) is 5.05. The highest BCUT2D eigenvalue weighted by atomic mass is 32.1. The average Bonchev–Trinajstić information content (AvgIpc) is 4.17. The lowest BCUT2D eigenvalue weighted by Crippen LogP contribution is -1.93. The molecule has 0 unspecified atom stereocenters. The van der Waals surface area contributed by atoms with E-state index in [0.29, 0.717) is 0 Å². The third-order valence-electron chi connectivity index (χ3n) is 14.6. The van der Waals surface area contributed by atoms with E-state index in [4.69, 9.17) is 8.83 Å². The van der Waals surface area contributed by atoms with Crippen molar-refractivity contribution in [2.75, 3.05) is 0 Å². The molecule has 4 heterocycles. The predicted molar refractivity (Wildman–Crippen MR) is 293 cm³/mol. The van der Waals surface area contributed by atoms with Crippen molar-refractivity contribution in [3.8, 4) is 33.4 Å². The van der Waals surface area contributed by atoms with Gasteiger partial charge in [0.25, 0.3) is 0 Å². The van der Waals surface area contributed by atoms with Crippen LogP contribution in [-0.4, -0.2) is 0 Å². The van der Waals surface area contributed by atoms with Gasteiger partial charge in [-0.1, -0.05) is 127 Å². The first-order valence-electron chi connectivity index (χ1n) is 23.1. The number of furan rings is 2. The second kappa shape index (κ2) is 13.6. The smallest absolute Gasteiger partial charge is 0.143 e. The molecule has 2 nitrogen and oxygen atoms in total. The van der Waals surface area contributed by atoms with Crippen LogP contribution < -0.4 is 0 Å². The van der Waals surface area contributed by atoms with Gasteiger partial charge < -0.3 is 8.83 Å². The number of para-hydroxylation sites is 2. The Bertz CT molecular complexity index is 4560. The second-order valence-corrected chi connectivity index (χ2v) is 20.4. The van der Waals surface area contributed by atoms with E-state index in [-0.39, 0.29) is 0 Å². The van der Waals surface area contributed by atoms with E-state index >= 15 is 0 Å². The van der Waals surface area contributed by atoms with Gasteiger partial charge in [-0.05, 0) is 145 Å². The maximum Gasteiger partial charge on any atom is 0.143 e. The Morgan fingerprint density at radius 1 is 0.250 bits per heavy atom. The van der Waals surface area contributed by atoms with Crippen LogP contribution in [0.4, 0.5) is 0 Å². The summed E-state index contributed by atoms with van der Waals surface area (Å²) in [5.74, 6) is 0. The molecule has 0 spiro atoms. The van der Waals surface area contributed by atoms with Crippen LogP contribution in [0.5, 0.6) is 0 Å². The maximum absolute atomic E-state index is 6.98. The summed E-state index contributed by atoms with van der Waals surface area (Å²) in [5.41, 5.74) is 10.7. The van der Waals surface area contributed by atoms with Crippen LogP contribution in [0.15, 0.2) is 215 Å². The second-order valence-electron chi connectivity index (χ2n) is 18.2. The molecule has 0 saturated carbocycles. The molecule has 0 atom stereocenters. The van der Waals surface area contributed by atoms with Gasteiger partial charge in [0.2, 0.25) is 0 Å². The maximum atomic E-state index is 6.98. The van der Waals surface area contributed by atoms with Crippen LogP contribution >= 0.6 is 22.7 Å². The van der Waals surface area contributed by atoms with E-state index in [1.807, 2.05) is 22.7 Å². The molecule has 0 amide bonds. The standard InChI is InChI=1S/C64H34O2S2/c1-2-12-35(13-3-1)60-52-32-46(36-22-28-58-50(30-36)40-16-6-10-20-56(40)67-58)61-42(24-26-44-38-14-4-8-18-54(38)65-63(44)61)48(52)34-49-43-25-27-45-39-15-5-9-19-55(39)66-64(45)62(43)47(33-53(49)60)37-23-29-59-51(31-37)41-17-7-11-21-57(41)68-59/h1-34H. The Labute approximate surface area is 396 Å². The quantitative estimate of drug-likeness (QED) is 0.130. The van der Waals surface area contributed by atoms with Crippen molar-refractivity contribution in [2.24, 2.45) is 0 Å². The van der Waals surface area contributed by atoms with Gasteiger partial charge in [0, 0.05) is 72.7 Å². The van der Waals surface area contributed by atoms with Gasteiger partial charge in [-0.2, -0.15) is 0 Å². The average molecular weight is 899 g/mol. The normalized spacial score (nSPS) is 12.4. The van der Waals surface area contributed by atoms with Gasteiger partial charge in [-0.3, -0.25) is 0 Å². The van der Waals surface area contributed by atoms with Crippen molar-refractivity contribution in [2.45, 2.75) is 0 Å². The zero-order chi connectivity index (χ0) is 44.2. The number of thiophene rings is 2. The van der Waals surface area contributed by atoms with Gasteiger partial charge in [0.15, 0.2) is 0 Å². The summed E-state index contributed by atoms with van der Waals surface area (Å²) in [7, 11) is 0. The Hall–Kier alpha value is -8.28. The highest BCUT2D eigenvalue weighted by Gasteiger charge is 2.24. The molecule has 4 heteroatoms. The van der Waals surface area contributed by atoms with Crippen molar-refractivity contribution < 1.29 is 8.83 Å². The Morgan fingerprint density at radius 2 is 0.676 bits per heavy atom. The van der Waals surface area contributed by atoms with Crippen LogP contribution in [0.25, 0.3) is 161 Å². The van der Waals surface area contributed by atoms with Crippen LogP contribution in [0, 0.1) is 0 Å². The molecule has 16 rings (SSSR count). The zero-order valence-corrected chi connectivity index (χ0v) is 37.9. The molecule has 0 aliphatic carbocycles. The fraction of sp³-hybridized carbons (Fsp3) is 0. The third-order valence-corrected chi connectivity index (χ3v) is 16.9. The first-order chi connectivity index (χ1) is 33.7. The first-order valence-corrected chi connectivity index (χ1v) is 24.8. The molecular formula is C64H34O2S2. The largest absolute Gasteiger partial charge is 0.455 e. The molecule has 12 aromatic carbocycles. The summed E-state index contributed by atoms with van der Waals surface area (Å²) < 4.78 is 19.1. The molecule has 0 fully saturated rings. The minimum absolute atomic E-state index is 0.894. The minimum Gasteiger partial charge on any atom is -0.455 e. The molecule has 0 radical (unpaired) electrons. The summed E-state index contributed by atoms with van der Waals surface area (Å²) in [6.45, 7) is 0. The highest BCUT2D eigenvalue weighted by molar-refractivity contribution is 7.26. The molecule has 0 saturated heterocycles. The molecule has 0 aliphatic heterocycles. The lowest BCUT2D eigenvalue weighted by atomic mass is 9.83. The lowest BCUT2D eigenvalue weighted by molar-refractivity contribution is 0.672. The zero-order valence-electron chi connectivity index (χ0n) is 36.3. The fourth-order valence-corrected chi connectivity index (χ4v) is 13.8. The highest BCUT2D eigenvalue weighted by Crippen LogP contribution is 2.51. The monoisotopic (exact) mass is 898 g/mol.